The highest BCUT2D eigenvalue weighted by atomic mass is 16.6. The number of Topliss-reactive ketones (excluding diaryl/α,β-unsaturated/α-hetero) is 1. The minimum absolute atomic E-state index is 0.0140. The maximum Gasteiger partial charge on any atom is 0.348 e. The molecule has 7 heteroatoms. The summed E-state index contributed by atoms with van der Waals surface area (Å²) in [5, 5.41) is 20.2. The number of benzene rings is 2. The third kappa shape index (κ3) is 6.68. The first-order valence-corrected chi connectivity index (χ1v) is 11.3. The zero-order chi connectivity index (χ0) is 25.5. The Morgan fingerprint density at radius 1 is 1.06 bits per heavy atom. The number of esters is 1. The number of allylic oxidation sites excluding steroid dienone is 3. The highest BCUT2D eigenvalue weighted by Crippen LogP contribution is 2.29. The average Bonchev–Trinajstić information content (AvgIpc) is 3.53. The molecule has 0 spiro atoms. The third-order valence-corrected chi connectivity index (χ3v) is 5.79. The van der Waals surface area contributed by atoms with Gasteiger partial charge in [0.25, 0.3) is 0 Å². The van der Waals surface area contributed by atoms with Gasteiger partial charge in [0.05, 0.1) is 18.1 Å². The molecule has 7 nitrogen and oxygen atoms in total. The second kappa shape index (κ2) is 11.6. The largest absolute Gasteiger partial charge is 0.507 e. The van der Waals surface area contributed by atoms with Crippen molar-refractivity contribution in [2.24, 2.45) is 5.92 Å². The van der Waals surface area contributed by atoms with E-state index < -0.39 is 11.9 Å². The van der Waals surface area contributed by atoms with E-state index >= 15 is 0 Å². The van der Waals surface area contributed by atoms with Gasteiger partial charge >= 0.3 is 5.97 Å². The standard InChI is InChI=1S/C28H30O7/c1-17(16-25-19(3)34-25)27(31)21(18(2)33-4)12-6-5-10-20-11-9-14-23(30)26(20)28(32)35-24-15-8-7-13-22(24)29/h5-16,18-19,21,25,29-30H,1-4H3/b10-5+,12-6+,17-16+/t18-,19?,21-,25?/m0/s1. The molecule has 1 aliphatic rings. The topological polar surface area (TPSA) is 106 Å². The molecular weight excluding hydrogens is 448 g/mol. The zero-order valence-corrected chi connectivity index (χ0v) is 20.2. The third-order valence-electron chi connectivity index (χ3n) is 5.79. The molecule has 4 atom stereocenters. The number of carbonyl (C=O) groups excluding carboxylic acids is 2. The summed E-state index contributed by atoms with van der Waals surface area (Å²) in [7, 11) is 1.55. The van der Waals surface area contributed by atoms with Crippen LogP contribution in [0.2, 0.25) is 0 Å². The fourth-order valence-corrected chi connectivity index (χ4v) is 3.53. The Balaban J connectivity index is 1.78. The Morgan fingerprint density at radius 2 is 1.74 bits per heavy atom. The van der Waals surface area contributed by atoms with Gasteiger partial charge in [-0.2, -0.15) is 0 Å². The van der Waals surface area contributed by atoms with Crippen LogP contribution in [-0.2, 0) is 14.3 Å². The molecule has 0 aliphatic carbocycles. The molecular formula is C28H30O7. The second-order valence-corrected chi connectivity index (χ2v) is 8.33. The summed E-state index contributed by atoms with van der Waals surface area (Å²) in [6.07, 6.45) is 8.32. The maximum atomic E-state index is 13.0. The minimum Gasteiger partial charge on any atom is -0.507 e. The molecule has 0 radical (unpaired) electrons. The first-order valence-electron chi connectivity index (χ1n) is 11.3. The van der Waals surface area contributed by atoms with Crippen LogP contribution in [0.4, 0.5) is 0 Å². The fraction of sp³-hybridized carbons (Fsp3) is 0.286. The number of para-hydroxylation sites is 2. The molecule has 35 heavy (non-hydrogen) atoms. The van der Waals surface area contributed by atoms with Gasteiger partial charge in [0.2, 0.25) is 0 Å². The fourth-order valence-electron chi connectivity index (χ4n) is 3.53. The van der Waals surface area contributed by atoms with E-state index in [-0.39, 0.29) is 46.9 Å². The van der Waals surface area contributed by atoms with Crippen LogP contribution in [0.25, 0.3) is 6.08 Å². The number of phenolic OH excluding ortho intramolecular Hbond substituents is 2. The van der Waals surface area contributed by atoms with E-state index in [2.05, 4.69) is 0 Å². The minimum atomic E-state index is -0.813. The predicted octanol–water partition coefficient (Wildman–Crippen LogP) is 4.84. The van der Waals surface area contributed by atoms with Crippen LogP contribution in [0.3, 0.4) is 0 Å². The number of carbonyl (C=O) groups is 2. The van der Waals surface area contributed by atoms with E-state index in [1.54, 1.807) is 62.6 Å². The van der Waals surface area contributed by atoms with E-state index in [0.717, 1.165) is 0 Å². The van der Waals surface area contributed by atoms with Gasteiger partial charge in [-0.25, -0.2) is 4.79 Å². The average molecular weight is 479 g/mol. The SMILES string of the molecule is CO[C@@H](C)[C@H](/C=C/C=C/c1cccc(O)c1C(=O)Oc1ccccc1O)C(=O)/C(C)=C/C1OC1C. The highest BCUT2D eigenvalue weighted by molar-refractivity contribution is 5.99. The van der Waals surface area contributed by atoms with E-state index in [1.807, 2.05) is 19.9 Å². The lowest BCUT2D eigenvalue weighted by molar-refractivity contribution is -0.121. The number of epoxide rings is 1. The molecule has 1 heterocycles. The molecule has 2 aromatic rings. The normalized spacial score (nSPS) is 19.6. The van der Waals surface area contributed by atoms with Crippen LogP contribution < -0.4 is 4.74 Å². The van der Waals surface area contributed by atoms with Crippen molar-refractivity contribution in [1.82, 2.24) is 0 Å². The van der Waals surface area contributed by atoms with Crippen LogP contribution >= 0.6 is 0 Å². The molecule has 2 unspecified atom stereocenters. The summed E-state index contributed by atoms with van der Waals surface area (Å²) in [5.74, 6) is -1.84. The van der Waals surface area contributed by atoms with Crippen LogP contribution in [0.1, 0.15) is 36.7 Å². The van der Waals surface area contributed by atoms with Gasteiger partial charge in [0.1, 0.15) is 17.4 Å². The quantitative estimate of drug-likeness (QED) is 0.165. The van der Waals surface area contributed by atoms with Crippen LogP contribution in [0.5, 0.6) is 17.2 Å². The lowest BCUT2D eigenvalue weighted by atomic mass is 9.92. The van der Waals surface area contributed by atoms with Crippen molar-refractivity contribution in [3.63, 3.8) is 0 Å². The second-order valence-electron chi connectivity index (χ2n) is 8.33. The van der Waals surface area contributed by atoms with Gasteiger partial charge in [-0.15, -0.1) is 0 Å². The molecule has 184 valence electrons. The van der Waals surface area contributed by atoms with Gasteiger partial charge in [-0.3, -0.25) is 4.79 Å². The summed E-state index contributed by atoms with van der Waals surface area (Å²) in [5.41, 5.74) is 0.980. The lowest BCUT2D eigenvalue weighted by Gasteiger charge is -2.18. The van der Waals surface area contributed by atoms with Crippen LogP contribution in [-0.4, -0.2) is 47.4 Å². The molecule has 2 aromatic carbocycles. The smallest absolute Gasteiger partial charge is 0.348 e. The van der Waals surface area contributed by atoms with E-state index in [0.29, 0.717) is 11.1 Å². The number of hydrogen-bond donors (Lipinski definition) is 2. The van der Waals surface area contributed by atoms with E-state index in [1.165, 1.54) is 18.2 Å². The molecule has 0 amide bonds. The van der Waals surface area contributed by atoms with Crippen molar-refractivity contribution in [1.29, 1.82) is 0 Å². The first kappa shape index (κ1) is 25.9. The predicted molar refractivity (Wildman–Crippen MR) is 132 cm³/mol. The Kier molecular flexibility index (Phi) is 8.63. The number of ether oxygens (including phenoxy) is 3. The molecule has 2 N–H and O–H groups in total. The zero-order valence-electron chi connectivity index (χ0n) is 20.2. The molecule has 0 saturated carbocycles. The number of methoxy groups -OCH3 is 1. The van der Waals surface area contributed by atoms with Crippen molar-refractivity contribution < 1.29 is 34.0 Å². The molecule has 3 rings (SSSR count). The summed E-state index contributed by atoms with van der Waals surface area (Å²) in [6.45, 7) is 5.54. The van der Waals surface area contributed by atoms with Crippen LogP contribution in [0.15, 0.2) is 72.3 Å². The van der Waals surface area contributed by atoms with Gasteiger partial charge in [-0.05, 0) is 56.2 Å². The molecule has 1 saturated heterocycles. The Hall–Kier alpha value is -3.68. The monoisotopic (exact) mass is 478 g/mol. The van der Waals surface area contributed by atoms with Gasteiger partial charge in [-0.1, -0.05) is 48.6 Å². The molecule has 1 aliphatic heterocycles. The molecule has 1 fully saturated rings. The van der Waals surface area contributed by atoms with Gasteiger partial charge in [0.15, 0.2) is 17.3 Å². The number of rotatable bonds is 10. The summed E-state index contributed by atoms with van der Waals surface area (Å²) < 4.78 is 16.0. The summed E-state index contributed by atoms with van der Waals surface area (Å²) >= 11 is 0. The number of aromatic hydroxyl groups is 2. The molecule has 0 bridgehead atoms. The van der Waals surface area contributed by atoms with Gasteiger partial charge < -0.3 is 24.4 Å². The summed E-state index contributed by atoms with van der Waals surface area (Å²) in [4.78, 5) is 25.7. The Morgan fingerprint density at radius 3 is 2.40 bits per heavy atom. The highest BCUT2D eigenvalue weighted by Gasteiger charge is 2.33. The number of hydrogen-bond acceptors (Lipinski definition) is 7. The Bertz CT molecular complexity index is 1160. The summed E-state index contributed by atoms with van der Waals surface area (Å²) in [6, 6.07) is 10.7. The first-order chi connectivity index (χ1) is 16.7. The van der Waals surface area contributed by atoms with Crippen molar-refractivity contribution in [3.8, 4) is 17.2 Å². The van der Waals surface area contributed by atoms with Crippen molar-refractivity contribution in [2.75, 3.05) is 7.11 Å². The van der Waals surface area contributed by atoms with Gasteiger partial charge in [0, 0.05) is 7.11 Å². The van der Waals surface area contributed by atoms with E-state index in [4.69, 9.17) is 14.2 Å². The Labute approximate surface area is 205 Å². The maximum absolute atomic E-state index is 13.0. The number of phenols is 2. The molecule has 0 aromatic heterocycles. The lowest BCUT2D eigenvalue weighted by Crippen LogP contribution is -2.26. The van der Waals surface area contributed by atoms with Crippen molar-refractivity contribution in [3.05, 3.63) is 83.5 Å². The number of ketones is 1. The van der Waals surface area contributed by atoms with Crippen LogP contribution in [0, 0.1) is 5.92 Å². The van der Waals surface area contributed by atoms with Crippen molar-refractivity contribution in [2.45, 2.75) is 39.1 Å². The van der Waals surface area contributed by atoms with Crippen molar-refractivity contribution >= 4 is 17.8 Å². The van der Waals surface area contributed by atoms with E-state index in [9.17, 15) is 19.8 Å².